The second-order valence-electron chi connectivity index (χ2n) is 4.48. The molecule has 1 aromatic rings. The number of anilines is 1. The molecule has 104 valence electrons. The molecule has 1 aliphatic heterocycles. The molecule has 2 rings (SSSR count). The van der Waals surface area contributed by atoms with Crippen LogP contribution < -0.4 is 5.73 Å². The molecule has 0 fully saturated rings. The summed E-state index contributed by atoms with van der Waals surface area (Å²) in [6.45, 7) is 2.79. The van der Waals surface area contributed by atoms with Gasteiger partial charge < -0.3 is 5.73 Å². The maximum absolute atomic E-state index is 12.6. The number of halogens is 2. The van der Waals surface area contributed by atoms with Crippen molar-refractivity contribution in [3.8, 4) is 0 Å². The van der Waals surface area contributed by atoms with Gasteiger partial charge in [-0.15, -0.1) is 0 Å². The summed E-state index contributed by atoms with van der Waals surface area (Å²) in [5.41, 5.74) is 7.11. The molecule has 1 heterocycles. The van der Waals surface area contributed by atoms with Crippen LogP contribution in [0, 0.1) is 0 Å². The highest BCUT2D eigenvalue weighted by Gasteiger charge is 2.28. The van der Waals surface area contributed by atoms with Gasteiger partial charge in [0.15, 0.2) is 0 Å². The van der Waals surface area contributed by atoms with E-state index in [1.54, 1.807) is 0 Å². The van der Waals surface area contributed by atoms with E-state index < -0.39 is 10.0 Å². The number of nitrogens with zero attached hydrogens (tertiary/aromatic N) is 1. The van der Waals surface area contributed by atoms with Crippen molar-refractivity contribution in [1.29, 1.82) is 0 Å². The Kier molecular flexibility index (Phi) is 4.25. The molecule has 0 unspecified atom stereocenters. The van der Waals surface area contributed by atoms with E-state index >= 15 is 0 Å². The first-order chi connectivity index (χ1) is 8.82. The monoisotopic (exact) mass is 364 g/mol. The largest absolute Gasteiger partial charge is 0.398 e. The SMILES string of the molecule is CC1=CCCN(S(=O)(=O)c2cc(Cl)cc(N)c2Br)C1. The van der Waals surface area contributed by atoms with Gasteiger partial charge in [-0.3, -0.25) is 0 Å². The molecule has 1 aromatic carbocycles. The molecule has 0 saturated heterocycles. The molecule has 1 aliphatic rings. The topological polar surface area (TPSA) is 63.4 Å². The van der Waals surface area contributed by atoms with Crippen molar-refractivity contribution in [2.24, 2.45) is 0 Å². The number of hydrogen-bond acceptors (Lipinski definition) is 3. The normalized spacial score (nSPS) is 17.3. The third-order valence-corrected chi connectivity index (χ3v) is 6.18. The third kappa shape index (κ3) is 2.97. The summed E-state index contributed by atoms with van der Waals surface area (Å²) in [5, 5.41) is 0.309. The minimum Gasteiger partial charge on any atom is -0.398 e. The Labute approximate surface area is 126 Å². The van der Waals surface area contributed by atoms with Gasteiger partial charge in [-0.2, -0.15) is 4.31 Å². The van der Waals surface area contributed by atoms with E-state index in [9.17, 15) is 8.42 Å². The van der Waals surface area contributed by atoms with Gasteiger partial charge >= 0.3 is 0 Å². The minimum absolute atomic E-state index is 0.118. The van der Waals surface area contributed by atoms with Crippen LogP contribution in [0.2, 0.25) is 5.02 Å². The summed E-state index contributed by atoms with van der Waals surface area (Å²) in [7, 11) is -3.59. The van der Waals surface area contributed by atoms with Crippen molar-refractivity contribution >= 4 is 43.2 Å². The fourth-order valence-electron chi connectivity index (χ4n) is 1.99. The molecule has 0 bridgehead atoms. The van der Waals surface area contributed by atoms with E-state index in [2.05, 4.69) is 15.9 Å². The zero-order valence-electron chi connectivity index (χ0n) is 10.4. The number of nitrogens with two attached hydrogens (primary N) is 1. The first-order valence-electron chi connectivity index (χ1n) is 5.72. The van der Waals surface area contributed by atoms with Crippen molar-refractivity contribution in [1.82, 2.24) is 4.31 Å². The van der Waals surface area contributed by atoms with Crippen LogP contribution in [0.25, 0.3) is 0 Å². The van der Waals surface area contributed by atoms with Crippen molar-refractivity contribution in [2.45, 2.75) is 18.2 Å². The lowest BCUT2D eigenvalue weighted by Crippen LogP contribution is -2.35. The smallest absolute Gasteiger partial charge is 0.244 e. The Morgan fingerprint density at radius 1 is 1.42 bits per heavy atom. The molecule has 0 saturated carbocycles. The molecular weight excluding hydrogens is 352 g/mol. The second kappa shape index (κ2) is 5.44. The van der Waals surface area contributed by atoms with Crippen LogP contribution >= 0.6 is 27.5 Å². The van der Waals surface area contributed by atoms with E-state index in [1.807, 2.05) is 13.0 Å². The first-order valence-corrected chi connectivity index (χ1v) is 8.34. The van der Waals surface area contributed by atoms with Crippen LogP contribution in [0.1, 0.15) is 13.3 Å². The summed E-state index contributed by atoms with van der Waals surface area (Å²) in [5.74, 6) is 0. The Morgan fingerprint density at radius 3 is 2.74 bits per heavy atom. The highest BCUT2D eigenvalue weighted by Crippen LogP contribution is 2.34. The van der Waals surface area contributed by atoms with Gasteiger partial charge in [0.1, 0.15) is 0 Å². The maximum Gasteiger partial charge on any atom is 0.244 e. The van der Waals surface area contributed by atoms with E-state index in [4.69, 9.17) is 17.3 Å². The summed E-state index contributed by atoms with van der Waals surface area (Å²) >= 11 is 9.13. The standard InChI is InChI=1S/C12H14BrClN2O2S/c1-8-3-2-4-16(7-8)19(17,18)11-6-9(14)5-10(15)12(11)13/h3,5-6H,2,4,7,15H2,1H3. The average molecular weight is 366 g/mol. The predicted molar refractivity (Wildman–Crippen MR) is 80.7 cm³/mol. The van der Waals surface area contributed by atoms with Gasteiger partial charge in [0, 0.05) is 23.8 Å². The zero-order chi connectivity index (χ0) is 14.2. The van der Waals surface area contributed by atoms with E-state index in [0.29, 0.717) is 28.3 Å². The van der Waals surface area contributed by atoms with Gasteiger partial charge in [0.05, 0.1) is 9.37 Å². The van der Waals surface area contributed by atoms with Crippen LogP contribution in [-0.2, 0) is 10.0 Å². The van der Waals surface area contributed by atoms with Crippen LogP contribution in [0.15, 0.2) is 33.2 Å². The lowest BCUT2D eigenvalue weighted by atomic mass is 10.2. The number of nitrogen functional groups attached to an aromatic ring is 1. The van der Waals surface area contributed by atoms with Crippen LogP contribution in [-0.4, -0.2) is 25.8 Å². The number of hydrogen-bond donors (Lipinski definition) is 1. The molecule has 0 aliphatic carbocycles. The van der Waals surface area contributed by atoms with Crippen molar-refractivity contribution < 1.29 is 8.42 Å². The van der Waals surface area contributed by atoms with Crippen molar-refractivity contribution in [3.63, 3.8) is 0 Å². The minimum atomic E-state index is -3.59. The van der Waals surface area contributed by atoms with Crippen molar-refractivity contribution in [3.05, 3.63) is 33.3 Å². The molecule has 0 amide bonds. The Bertz CT molecular complexity index is 643. The van der Waals surface area contributed by atoms with Crippen molar-refractivity contribution in [2.75, 3.05) is 18.8 Å². The highest BCUT2D eigenvalue weighted by molar-refractivity contribution is 9.10. The molecule has 0 radical (unpaired) electrons. The van der Waals surface area contributed by atoms with Gasteiger partial charge in [-0.1, -0.05) is 23.3 Å². The Hall–Kier alpha value is -0.560. The summed E-state index contributed by atoms with van der Waals surface area (Å²) in [4.78, 5) is 0.118. The molecule has 0 aromatic heterocycles. The van der Waals surface area contributed by atoms with Crippen LogP contribution in [0.5, 0.6) is 0 Å². The zero-order valence-corrected chi connectivity index (χ0v) is 13.5. The fourth-order valence-corrected chi connectivity index (χ4v) is 4.74. The Morgan fingerprint density at radius 2 is 2.11 bits per heavy atom. The lowest BCUT2D eigenvalue weighted by Gasteiger charge is -2.26. The van der Waals surface area contributed by atoms with E-state index in [1.165, 1.54) is 16.4 Å². The molecule has 2 N–H and O–H groups in total. The first kappa shape index (κ1) is 14.8. The number of sulfonamides is 1. The van der Waals surface area contributed by atoms with E-state index in [0.717, 1.165) is 12.0 Å². The Balaban J connectivity index is 2.48. The van der Waals surface area contributed by atoms with Crippen LogP contribution in [0.3, 0.4) is 0 Å². The molecule has 19 heavy (non-hydrogen) atoms. The fraction of sp³-hybridized carbons (Fsp3) is 0.333. The lowest BCUT2D eigenvalue weighted by molar-refractivity contribution is 0.427. The molecule has 0 atom stereocenters. The van der Waals surface area contributed by atoms with Gasteiger partial charge in [0.25, 0.3) is 0 Å². The number of rotatable bonds is 2. The van der Waals surface area contributed by atoms with Gasteiger partial charge in [-0.25, -0.2) is 8.42 Å². The average Bonchev–Trinajstić information content (AvgIpc) is 2.33. The van der Waals surface area contributed by atoms with Crippen LogP contribution in [0.4, 0.5) is 5.69 Å². The maximum atomic E-state index is 12.6. The summed E-state index contributed by atoms with van der Waals surface area (Å²) < 4.78 is 27.0. The highest BCUT2D eigenvalue weighted by atomic mass is 79.9. The summed E-state index contributed by atoms with van der Waals surface area (Å²) in [6.07, 6.45) is 2.77. The third-order valence-electron chi connectivity index (χ3n) is 2.95. The molecular formula is C12H14BrClN2O2S. The van der Waals surface area contributed by atoms with Gasteiger partial charge in [-0.05, 0) is 41.4 Å². The molecule has 7 heteroatoms. The number of benzene rings is 1. The van der Waals surface area contributed by atoms with E-state index in [-0.39, 0.29) is 4.90 Å². The van der Waals surface area contributed by atoms with Gasteiger partial charge in [0.2, 0.25) is 10.0 Å². The quantitative estimate of drug-likeness (QED) is 0.647. The summed E-state index contributed by atoms with van der Waals surface area (Å²) in [6, 6.07) is 2.94. The molecule has 4 nitrogen and oxygen atoms in total. The predicted octanol–water partition coefficient (Wildman–Crippen LogP) is 3.03. The molecule has 0 spiro atoms. The second-order valence-corrected chi connectivity index (χ2v) is 7.62.